The first-order valence-electron chi connectivity index (χ1n) is 7.12. The second-order valence-electron chi connectivity index (χ2n) is 5.30. The average molecular weight is 323 g/mol. The molecule has 0 unspecified atom stereocenters. The largest absolute Gasteiger partial charge is 0.351 e. The van der Waals surface area contributed by atoms with E-state index < -0.39 is 9.85 Å². The fraction of sp³-hybridized carbons (Fsp3) is 0.0588. The minimum Gasteiger partial charge on any atom is -0.351 e. The van der Waals surface area contributed by atoms with E-state index in [2.05, 4.69) is 0 Å². The van der Waals surface area contributed by atoms with Gasteiger partial charge in [0.25, 0.3) is 11.4 Å². The Bertz CT molecular complexity index is 902. The molecule has 0 saturated carbocycles. The van der Waals surface area contributed by atoms with E-state index >= 15 is 0 Å². The minimum absolute atomic E-state index is 0.294. The Kier molecular flexibility index (Phi) is 3.83. The number of hydrogen-bond donors (Lipinski definition) is 0. The van der Waals surface area contributed by atoms with Crippen LogP contribution in [0, 0.1) is 20.2 Å². The lowest BCUT2D eigenvalue weighted by Gasteiger charge is -2.24. The predicted molar refractivity (Wildman–Crippen MR) is 90.9 cm³/mol. The summed E-state index contributed by atoms with van der Waals surface area (Å²) in [7, 11) is 1.84. The van der Waals surface area contributed by atoms with Crippen LogP contribution in [0.5, 0.6) is 0 Å². The molecule has 0 fully saturated rings. The van der Waals surface area contributed by atoms with Gasteiger partial charge in [0, 0.05) is 30.6 Å². The second-order valence-corrected chi connectivity index (χ2v) is 5.30. The van der Waals surface area contributed by atoms with E-state index in [0.29, 0.717) is 5.56 Å². The fourth-order valence-electron chi connectivity index (χ4n) is 2.59. The summed E-state index contributed by atoms with van der Waals surface area (Å²) in [5.41, 5.74) is 2.45. The van der Waals surface area contributed by atoms with Crippen molar-refractivity contribution < 1.29 is 9.85 Å². The number of rotatable bonds is 3. The van der Waals surface area contributed by atoms with Crippen LogP contribution in [-0.2, 0) is 0 Å². The van der Waals surface area contributed by atoms with Gasteiger partial charge in [0.1, 0.15) is 0 Å². The molecule has 120 valence electrons. The van der Waals surface area contributed by atoms with Crippen LogP contribution in [0.2, 0.25) is 0 Å². The summed E-state index contributed by atoms with van der Waals surface area (Å²) < 4.78 is 0. The van der Waals surface area contributed by atoms with E-state index in [1.54, 1.807) is 6.08 Å². The van der Waals surface area contributed by atoms with Crippen molar-refractivity contribution in [3.05, 3.63) is 85.6 Å². The van der Waals surface area contributed by atoms with E-state index in [4.69, 9.17) is 0 Å². The summed E-state index contributed by atoms with van der Waals surface area (Å²) in [6, 6.07) is 11.3. The quantitative estimate of drug-likeness (QED) is 0.631. The molecule has 0 bridgehead atoms. The third-order valence-electron chi connectivity index (χ3n) is 3.81. The van der Waals surface area contributed by atoms with Gasteiger partial charge in [-0.15, -0.1) is 0 Å². The molecule has 2 aromatic carbocycles. The molecule has 7 heteroatoms. The molecule has 1 aliphatic rings. The standard InChI is InChI=1S/C17H13N3O4/c1-18-9-8-12-4-2-3-5-15(12)17(18)10-13-6-7-14(19(21)22)11-16(13)20(23)24/h2-11H,1H3. The summed E-state index contributed by atoms with van der Waals surface area (Å²) in [5.74, 6) is 0. The molecule has 0 amide bonds. The van der Waals surface area contributed by atoms with Crippen molar-refractivity contribution in [2.24, 2.45) is 0 Å². The van der Waals surface area contributed by atoms with Crippen LogP contribution in [-0.4, -0.2) is 21.8 Å². The Morgan fingerprint density at radius 2 is 1.79 bits per heavy atom. The van der Waals surface area contributed by atoms with Gasteiger partial charge in [0.2, 0.25) is 0 Å². The zero-order valence-electron chi connectivity index (χ0n) is 12.7. The van der Waals surface area contributed by atoms with Crippen LogP contribution in [0.3, 0.4) is 0 Å². The highest BCUT2D eigenvalue weighted by Gasteiger charge is 2.20. The first-order chi connectivity index (χ1) is 11.5. The summed E-state index contributed by atoms with van der Waals surface area (Å²) in [6.45, 7) is 0. The van der Waals surface area contributed by atoms with Crippen molar-refractivity contribution in [1.29, 1.82) is 0 Å². The van der Waals surface area contributed by atoms with Crippen LogP contribution in [0.15, 0.2) is 48.7 Å². The maximum Gasteiger partial charge on any atom is 0.283 e. The molecule has 7 nitrogen and oxygen atoms in total. The molecule has 0 radical (unpaired) electrons. The van der Waals surface area contributed by atoms with Crippen molar-refractivity contribution >= 4 is 29.2 Å². The minimum atomic E-state index is -0.644. The normalized spacial score (nSPS) is 14.5. The Morgan fingerprint density at radius 1 is 1.04 bits per heavy atom. The molecule has 0 atom stereocenters. The lowest BCUT2D eigenvalue weighted by molar-refractivity contribution is -0.394. The highest BCUT2D eigenvalue weighted by atomic mass is 16.6. The van der Waals surface area contributed by atoms with Gasteiger partial charge in [-0.2, -0.15) is 0 Å². The maximum atomic E-state index is 11.3. The Labute approximate surface area is 137 Å². The van der Waals surface area contributed by atoms with Crippen LogP contribution in [0.25, 0.3) is 17.8 Å². The summed E-state index contributed by atoms with van der Waals surface area (Å²) in [5, 5.41) is 22.1. The molecule has 0 spiro atoms. The first-order valence-corrected chi connectivity index (χ1v) is 7.12. The molecule has 24 heavy (non-hydrogen) atoms. The highest BCUT2D eigenvalue weighted by molar-refractivity contribution is 5.88. The zero-order valence-corrected chi connectivity index (χ0v) is 12.7. The number of benzene rings is 2. The number of nitrogens with zero attached hydrogens (tertiary/aromatic N) is 3. The molecule has 0 aromatic heterocycles. The predicted octanol–water partition coefficient (Wildman–Crippen LogP) is 3.92. The molecule has 3 rings (SSSR count). The number of fused-ring (bicyclic) bond motifs is 1. The van der Waals surface area contributed by atoms with Gasteiger partial charge in [0.15, 0.2) is 0 Å². The van der Waals surface area contributed by atoms with Gasteiger partial charge in [-0.05, 0) is 23.8 Å². The van der Waals surface area contributed by atoms with Gasteiger partial charge in [-0.3, -0.25) is 20.2 Å². The number of nitro benzene ring substituents is 2. The van der Waals surface area contributed by atoms with Crippen molar-refractivity contribution in [2.45, 2.75) is 0 Å². The Balaban J connectivity index is 2.16. The third kappa shape index (κ3) is 2.74. The average Bonchev–Trinajstić information content (AvgIpc) is 2.57. The molecule has 2 aromatic rings. The summed E-state index contributed by atoms with van der Waals surface area (Å²) in [4.78, 5) is 22.7. The van der Waals surface area contributed by atoms with E-state index in [-0.39, 0.29) is 11.4 Å². The molecule has 1 aliphatic heterocycles. The van der Waals surface area contributed by atoms with E-state index in [0.717, 1.165) is 22.9 Å². The SMILES string of the molecule is CN1C=Cc2ccccc2C1=Cc1ccc([N+](=O)[O-])cc1[N+](=O)[O-]. The molecular formula is C17H13N3O4. The van der Waals surface area contributed by atoms with Gasteiger partial charge in [-0.1, -0.05) is 24.3 Å². The number of hydrogen-bond acceptors (Lipinski definition) is 5. The second kappa shape index (κ2) is 5.96. The van der Waals surface area contributed by atoms with Gasteiger partial charge in [0.05, 0.1) is 21.5 Å². The first kappa shape index (κ1) is 15.4. The van der Waals surface area contributed by atoms with Crippen LogP contribution in [0.1, 0.15) is 16.7 Å². The van der Waals surface area contributed by atoms with E-state index in [9.17, 15) is 20.2 Å². The maximum absolute atomic E-state index is 11.3. The van der Waals surface area contributed by atoms with E-state index in [1.165, 1.54) is 12.1 Å². The Morgan fingerprint density at radius 3 is 2.50 bits per heavy atom. The van der Waals surface area contributed by atoms with E-state index in [1.807, 2.05) is 48.5 Å². The van der Waals surface area contributed by atoms with Gasteiger partial charge < -0.3 is 4.90 Å². The monoisotopic (exact) mass is 323 g/mol. The topological polar surface area (TPSA) is 89.5 Å². The molecular weight excluding hydrogens is 310 g/mol. The Hall–Kier alpha value is -3.48. The fourth-order valence-corrected chi connectivity index (χ4v) is 2.59. The van der Waals surface area contributed by atoms with Crippen LogP contribution in [0.4, 0.5) is 11.4 Å². The van der Waals surface area contributed by atoms with Crippen molar-refractivity contribution in [2.75, 3.05) is 7.05 Å². The summed E-state index contributed by atoms with van der Waals surface area (Å²) >= 11 is 0. The van der Waals surface area contributed by atoms with Crippen LogP contribution >= 0.6 is 0 Å². The molecule has 0 aliphatic carbocycles. The lowest BCUT2D eigenvalue weighted by atomic mass is 9.99. The van der Waals surface area contributed by atoms with Gasteiger partial charge in [-0.25, -0.2) is 0 Å². The summed E-state index contributed by atoms with van der Waals surface area (Å²) in [6.07, 6.45) is 5.49. The smallest absolute Gasteiger partial charge is 0.283 e. The number of nitro groups is 2. The molecule has 0 saturated heterocycles. The van der Waals surface area contributed by atoms with Crippen LogP contribution < -0.4 is 0 Å². The highest BCUT2D eigenvalue weighted by Crippen LogP contribution is 2.33. The van der Waals surface area contributed by atoms with Crippen molar-refractivity contribution in [1.82, 2.24) is 4.90 Å². The third-order valence-corrected chi connectivity index (χ3v) is 3.81. The zero-order chi connectivity index (χ0) is 17.3. The van der Waals surface area contributed by atoms with Crippen molar-refractivity contribution in [3.63, 3.8) is 0 Å². The molecule has 1 heterocycles. The lowest BCUT2D eigenvalue weighted by Crippen LogP contribution is -2.13. The van der Waals surface area contributed by atoms with Crippen molar-refractivity contribution in [3.8, 4) is 0 Å². The number of non-ortho nitro benzene ring substituents is 1. The van der Waals surface area contributed by atoms with Gasteiger partial charge >= 0.3 is 0 Å². The molecule has 0 N–H and O–H groups in total.